The van der Waals surface area contributed by atoms with Gasteiger partial charge in [0.2, 0.25) is 0 Å². The Morgan fingerprint density at radius 2 is 1.89 bits per heavy atom. The minimum Gasteiger partial charge on any atom is -0.258 e. The molecule has 0 atom stereocenters. The number of nitro benzene ring substituents is 1. The normalized spacial score (nSPS) is 10.8. The first-order valence-corrected chi connectivity index (χ1v) is 6.68. The summed E-state index contributed by atoms with van der Waals surface area (Å²) in [7, 11) is 0. The lowest BCUT2D eigenvalue weighted by Crippen LogP contribution is -1.90. The van der Waals surface area contributed by atoms with Crippen LogP contribution < -0.4 is 0 Å². The molecule has 0 amide bonds. The summed E-state index contributed by atoms with van der Waals surface area (Å²) < 4.78 is 0. The van der Waals surface area contributed by atoms with Crippen LogP contribution in [-0.4, -0.2) is 4.92 Å². The van der Waals surface area contributed by atoms with Crippen LogP contribution in [0.2, 0.25) is 0 Å². The molecule has 0 aromatic heterocycles. The number of hydrogen-bond donors (Lipinski definition) is 0. The molecule has 0 aliphatic carbocycles. The molecule has 0 bridgehead atoms. The van der Waals surface area contributed by atoms with Gasteiger partial charge in [0.05, 0.1) is 9.82 Å². The topological polar surface area (TPSA) is 43.1 Å². The summed E-state index contributed by atoms with van der Waals surface area (Å²) in [6.45, 7) is 1.85. The Kier molecular flexibility index (Phi) is 4.36. The summed E-state index contributed by atoms with van der Waals surface area (Å²) in [6.07, 6.45) is 1.94. The lowest BCUT2D eigenvalue weighted by Gasteiger charge is -2.00. The number of benzene rings is 2. The Morgan fingerprint density at radius 3 is 2.58 bits per heavy atom. The van der Waals surface area contributed by atoms with Crippen molar-refractivity contribution in [3.05, 3.63) is 75.2 Å². The van der Waals surface area contributed by atoms with Gasteiger partial charge in [-0.25, -0.2) is 0 Å². The van der Waals surface area contributed by atoms with Gasteiger partial charge in [-0.2, -0.15) is 0 Å². The molecule has 0 spiro atoms. The van der Waals surface area contributed by atoms with Crippen molar-refractivity contribution >= 4 is 23.5 Å². The van der Waals surface area contributed by atoms with Crippen LogP contribution in [0.1, 0.15) is 11.1 Å². The van der Waals surface area contributed by atoms with Crippen molar-refractivity contribution in [2.45, 2.75) is 11.8 Å². The fraction of sp³-hybridized carbons (Fsp3) is 0.0667. The second-order valence-electron chi connectivity index (χ2n) is 4.06. The Bertz CT molecular complexity index is 609. The van der Waals surface area contributed by atoms with E-state index in [4.69, 9.17) is 0 Å². The standard InChI is InChI=1S/C15H13NO2S/c1-12-7-8-15(14(11-12)16(17)18)19-10-9-13-5-3-2-4-6-13/h2-11H,1H3/b10-9+. The van der Waals surface area contributed by atoms with E-state index in [-0.39, 0.29) is 10.6 Å². The van der Waals surface area contributed by atoms with E-state index in [1.807, 2.05) is 54.8 Å². The van der Waals surface area contributed by atoms with E-state index in [9.17, 15) is 10.1 Å². The fourth-order valence-corrected chi connectivity index (χ4v) is 2.39. The predicted molar refractivity (Wildman–Crippen MR) is 79.2 cm³/mol. The number of nitrogens with zero attached hydrogens (tertiary/aromatic N) is 1. The Labute approximate surface area is 116 Å². The number of aryl methyl sites for hydroxylation is 1. The average Bonchev–Trinajstić information content (AvgIpc) is 2.41. The van der Waals surface area contributed by atoms with Crippen LogP contribution in [0, 0.1) is 17.0 Å². The zero-order chi connectivity index (χ0) is 13.7. The third-order valence-electron chi connectivity index (χ3n) is 2.57. The molecule has 96 valence electrons. The van der Waals surface area contributed by atoms with Gasteiger partial charge in [0.1, 0.15) is 0 Å². The van der Waals surface area contributed by atoms with E-state index >= 15 is 0 Å². The van der Waals surface area contributed by atoms with Gasteiger partial charge in [-0.3, -0.25) is 10.1 Å². The highest BCUT2D eigenvalue weighted by molar-refractivity contribution is 8.02. The van der Waals surface area contributed by atoms with Crippen molar-refractivity contribution < 1.29 is 4.92 Å². The lowest BCUT2D eigenvalue weighted by atomic mass is 10.2. The van der Waals surface area contributed by atoms with Crippen molar-refractivity contribution in [2.75, 3.05) is 0 Å². The summed E-state index contributed by atoms with van der Waals surface area (Å²) in [5, 5.41) is 12.8. The van der Waals surface area contributed by atoms with Gasteiger partial charge in [-0.1, -0.05) is 48.2 Å². The monoisotopic (exact) mass is 271 g/mol. The maximum absolute atomic E-state index is 11.0. The van der Waals surface area contributed by atoms with Gasteiger partial charge in [0.25, 0.3) is 5.69 Å². The highest BCUT2D eigenvalue weighted by Gasteiger charge is 2.12. The van der Waals surface area contributed by atoms with Crippen molar-refractivity contribution in [1.82, 2.24) is 0 Å². The molecule has 0 aliphatic heterocycles. The average molecular weight is 271 g/mol. The molecule has 0 saturated heterocycles. The molecule has 0 saturated carbocycles. The first kappa shape index (κ1) is 13.4. The van der Waals surface area contributed by atoms with E-state index in [1.165, 1.54) is 11.8 Å². The van der Waals surface area contributed by atoms with Gasteiger partial charge >= 0.3 is 0 Å². The minimum atomic E-state index is -0.342. The maximum Gasteiger partial charge on any atom is 0.283 e. The van der Waals surface area contributed by atoms with Crippen molar-refractivity contribution in [1.29, 1.82) is 0 Å². The second-order valence-corrected chi connectivity index (χ2v) is 5.01. The first-order chi connectivity index (χ1) is 9.16. The van der Waals surface area contributed by atoms with E-state index in [0.717, 1.165) is 11.1 Å². The van der Waals surface area contributed by atoms with E-state index < -0.39 is 0 Å². The zero-order valence-corrected chi connectivity index (χ0v) is 11.3. The molecule has 0 aliphatic rings. The van der Waals surface area contributed by atoms with Crippen LogP contribution in [0.4, 0.5) is 5.69 Å². The zero-order valence-electron chi connectivity index (χ0n) is 10.4. The summed E-state index contributed by atoms with van der Waals surface area (Å²) in [4.78, 5) is 11.3. The van der Waals surface area contributed by atoms with Crippen LogP contribution >= 0.6 is 11.8 Å². The van der Waals surface area contributed by atoms with E-state index in [0.29, 0.717) is 4.90 Å². The van der Waals surface area contributed by atoms with Crippen LogP contribution in [0.15, 0.2) is 58.8 Å². The predicted octanol–water partition coefficient (Wildman–Crippen LogP) is 4.67. The molecule has 2 aromatic rings. The molecule has 0 unspecified atom stereocenters. The van der Waals surface area contributed by atoms with Crippen molar-refractivity contribution in [2.24, 2.45) is 0 Å². The quantitative estimate of drug-likeness (QED) is 0.461. The molecule has 2 rings (SSSR count). The molecular formula is C15H13NO2S. The highest BCUT2D eigenvalue weighted by Crippen LogP contribution is 2.31. The highest BCUT2D eigenvalue weighted by atomic mass is 32.2. The van der Waals surface area contributed by atoms with Crippen LogP contribution in [-0.2, 0) is 0 Å². The van der Waals surface area contributed by atoms with E-state index in [1.54, 1.807) is 12.1 Å². The number of hydrogen-bond acceptors (Lipinski definition) is 3. The van der Waals surface area contributed by atoms with Crippen LogP contribution in [0.25, 0.3) is 6.08 Å². The van der Waals surface area contributed by atoms with Gasteiger partial charge < -0.3 is 0 Å². The third kappa shape index (κ3) is 3.69. The van der Waals surface area contributed by atoms with E-state index in [2.05, 4.69) is 0 Å². The number of thioether (sulfide) groups is 1. The summed E-state index contributed by atoms with van der Waals surface area (Å²) >= 11 is 1.36. The summed E-state index contributed by atoms with van der Waals surface area (Å²) in [5.74, 6) is 0. The lowest BCUT2D eigenvalue weighted by molar-refractivity contribution is -0.387. The molecule has 0 radical (unpaired) electrons. The minimum absolute atomic E-state index is 0.155. The Morgan fingerprint density at radius 1 is 1.16 bits per heavy atom. The number of rotatable bonds is 4. The largest absolute Gasteiger partial charge is 0.283 e. The molecule has 0 fully saturated rings. The summed E-state index contributed by atoms with van der Waals surface area (Å²) in [6, 6.07) is 15.1. The van der Waals surface area contributed by atoms with Crippen molar-refractivity contribution in [3.63, 3.8) is 0 Å². The molecule has 2 aromatic carbocycles. The number of nitro groups is 1. The second kappa shape index (κ2) is 6.20. The van der Waals surface area contributed by atoms with Crippen LogP contribution in [0.3, 0.4) is 0 Å². The molecule has 0 N–H and O–H groups in total. The smallest absolute Gasteiger partial charge is 0.258 e. The Hall–Kier alpha value is -2.07. The maximum atomic E-state index is 11.0. The molecule has 3 nitrogen and oxygen atoms in total. The van der Waals surface area contributed by atoms with Gasteiger partial charge in [0, 0.05) is 6.07 Å². The summed E-state index contributed by atoms with van der Waals surface area (Å²) in [5.41, 5.74) is 2.12. The Balaban J connectivity index is 2.16. The SMILES string of the molecule is Cc1ccc(S/C=C/c2ccccc2)c([N+](=O)[O-])c1. The van der Waals surface area contributed by atoms with Gasteiger partial charge in [-0.05, 0) is 35.6 Å². The van der Waals surface area contributed by atoms with Gasteiger partial charge in [-0.15, -0.1) is 0 Å². The fourth-order valence-electron chi connectivity index (χ4n) is 1.62. The first-order valence-electron chi connectivity index (χ1n) is 5.80. The molecule has 0 heterocycles. The van der Waals surface area contributed by atoms with Gasteiger partial charge in [0.15, 0.2) is 0 Å². The van der Waals surface area contributed by atoms with Crippen molar-refractivity contribution in [3.8, 4) is 0 Å². The van der Waals surface area contributed by atoms with Crippen LogP contribution in [0.5, 0.6) is 0 Å². The molecule has 4 heteroatoms. The third-order valence-corrected chi connectivity index (χ3v) is 3.44. The molecular weight excluding hydrogens is 258 g/mol. The molecule has 19 heavy (non-hydrogen) atoms.